The van der Waals surface area contributed by atoms with Gasteiger partial charge in [-0.3, -0.25) is 9.78 Å². The zero-order valence-electron chi connectivity index (χ0n) is 11.3. The van der Waals surface area contributed by atoms with Crippen LogP contribution in [-0.2, 0) is 11.0 Å². The van der Waals surface area contributed by atoms with Crippen LogP contribution in [0.15, 0.2) is 30.6 Å². The van der Waals surface area contributed by atoms with Crippen molar-refractivity contribution in [3.63, 3.8) is 0 Å². The zero-order chi connectivity index (χ0) is 18.5. The predicted molar refractivity (Wildman–Crippen MR) is 79.5 cm³/mol. The van der Waals surface area contributed by atoms with Crippen LogP contribution in [0.3, 0.4) is 0 Å². The van der Waals surface area contributed by atoms with Crippen LogP contribution in [-0.4, -0.2) is 30.6 Å². The largest absolute Gasteiger partial charge is 0.452 e. The van der Waals surface area contributed by atoms with Gasteiger partial charge in [0.1, 0.15) is 15.1 Å². The molecule has 0 aliphatic carbocycles. The summed E-state index contributed by atoms with van der Waals surface area (Å²) in [5.74, 6) is -1.72. The summed E-state index contributed by atoms with van der Waals surface area (Å²) in [6.07, 6.45) is -6.91. The van der Waals surface area contributed by atoms with Gasteiger partial charge in [0.2, 0.25) is 0 Å². The van der Waals surface area contributed by atoms with Gasteiger partial charge in [0.25, 0.3) is 5.78 Å². The second-order valence-corrected chi connectivity index (χ2v) is 7.08. The van der Waals surface area contributed by atoms with Crippen LogP contribution >= 0.6 is 31.9 Å². The summed E-state index contributed by atoms with van der Waals surface area (Å²) in [6.45, 7) is 0. The van der Waals surface area contributed by atoms with E-state index in [0.717, 1.165) is 6.20 Å². The molecule has 132 valence electrons. The van der Waals surface area contributed by atoms with E-state index in [1.54, 1.807) is 18.2 Å². The van der Waals surface area contributed by atoms with Crippen LogP contribution in [0.1, 0.15) is 5.69 Å². The fourth-order valence-electron chi connectivity index (χ4n) is 1.22. The molecule has 1 N–H and O–H groups in total. The molecule has 2 aromatic rings. The van der Waals surface area contributed by atoms with E-state index in [-0.39, 0.29) is 5.82 Å². The Morgan fingerprint density at radius 3 is 2.04 bits per heavy atom. The van der Waals surface area contributed by atoms with Crippen molar-refractivity contribution in [1.82, 2.24) is 15.0 Å². The van der Waals surface area contributed by atoms with E-state index in [4.69, 9.17) is 0 Å². The molecular formula is C12H7Br2F6N3O. The quantitative estimate of drug-likeness (QED) is 0.497. The summed E-state index contributed by atoms with van der Waals surface area (Å²) in [7, 11) is 0. The fourth-order valence-corrected chi connectivity index (χ4v) is 1.74. The molecule has 24 heavy (non-hydrogen) atoms. The lowest BCUT2D eigenvalue weighted by Gasteiger charge is -2.03. The molecule has 2 heterocycles. The van der Waals surface area contributed by atoms with Crippen LogP contribution in [0.4, 0.5) is 26.3 Å². The first-order chi connectivity index (χ1) is 10.9. The number of imidazole rings is 1. The van der Waals surface area contributed by atoms with E-state index < -0.39 is 27.6 Å². The molecule has 0 aromatic carbocycles. The predicted octanol–water partition coefficient (Wildman–Crippen LogP) is 4.72. The van der Waals surface area contributed by atoms with E-state index in [1.165, 1.54) is 6.20 Å². The van der Waals surface area contributed by atoms with Gasteiger partial charge in [0.05, 0.1) is 6.20 Å². The van der Waals surface area contributed by atoms with Gasteiger partial charge in [0.15, 0.2) is 5.82 Å². The number of hydrogen-bond donors (Lipinski definition) is 1. The zero-order valence-corrected chi connectivity index (χ0v) is 14.5. The molecule has 2 rings (SSSR count). The molecule has 12 heteroatoms. The Bertz CT molecular complexity index is 669. The van der Waals surface area contributed by atoms with Gasteiger partial charge in [0, 0.05) is 6.20 Å². The number of alkyl halides is 8. The highest BCUT2D eigenvalue weighted by Crippen LogP contribution is 2.28. The second-order valence-electron chi connectivity index (χ2n) is 4.02. The standard InChI is InChI=1S/C9H6F3N3.C3HBr2F3O/c10-9(11,12)7-5-14-8(15-7)6-3-1-2-4-13-6;4-2(5)1(9)3(6,7)8/h1-5H,(H,14,15);2H. The van der Waals surface area contributed by atoms with Crippen LogP contribution in [0, 0.1) is 0 Å². The number of Topliss-reactive ketones (excluding diaryl/α,β-unsaturated/α-hetero) is 1. The number of rotatable bonds is 2. The van der Waals surface area contributed by atoms with E-state index in [2.05, 4.69) is 46.8 Å². The van der Waals surface area contributed by atoms with Crippen LogP contribution in [0.25, 0.3) is 11.5 Å². The Kier molecular flexibility index (Phi) is 6.96. The lowest BCUT2D eigenvalue weighted by Crippen LogP contribution is -2.27. The minimum absolute atomic E-state index is 0.114. The second kappa shape index (κ2) is 8.10. The molecule has 0 spiro atoms. The monoisotopic (exact) mass is 481 g/mol. The van der Waals surface area contributed by atoms with Crippen molar-refractivity contribution in [2.45, 2.75) is 16.1 Å². The van der Waals surface area contributed by atoms with Gasteiger partial charge in [-0.15, -0.1) is 0 Å². The molecule has 0 bridgehead atoms. The molecule has 0 saturated carbocycles. The number of halogens is 8. The highest BCUT2D eigenvalue weighted by atomic mass is 79.9. The van der Waals surface area contributed by atoms with Crippen molar-refractivity contribution in [3.8, 4) is 11.5 Å². The first-order valence-corrected chi connectivity index (χ1v) is 7.69. The average Bonchev–Trinajstić information content (AvgIpc) is 2.97. The third-order valence-electron chi connectivity index (χ3n) is 2.27. The summed E-state index contributed by atoms with van der Waals surface area (Å²) >= 11 is 4.85. The van der Waals surface area contributed by atoms with Crippen molar-refractivity contribution in [3.05, 3.63) is 36.3 Å². The lowest BCUT2D eigenvalue weighted by atomic mass is 10.3. The molecule has 0 atom stereocenters. The third-order valence-corrected chi connectivity index (χ3v) is 3.10. The number of H-pyrrole nitrogens is 1. The SMILES string of the molecule is FC(F)(F)c1cnc(-c2ccccn2)[nH]1.O=C(C(Br)Br)C(F)(F)F. The number of pyridine rings is 1. The van der Waals surface area contributed by atoms with Gasteiger partial charge in [-0.1, -0.05) is 37.9 Å². The van der Waals surface area contributed by atoms with E-state index >= 15 is 0 Å². The average molecular weight is 483 g/mol. The topological polar surface area (TPSA) is 58.6 Å². The maximum absolute atomic E-state index is 12.2. The van der Waals surface area contributed by atoms with Gasteiger partial charge >= 0.3 is 12.4 Å². The molecule has 2 aromatic heterocycles. The first kappa shape index (κ1) is 20.6. The molecule has 0 aliphatic rings. The Labute approximate surface area is 147 Å². The summed E-state index contributed by atoms with van der Waals surface area (Å²) in [4.78, 5) is 19.6. The number of aromatic nitrogens is 3. The molecule has 4 nitrogen and oxygen atoms in total. The molecule has 0 amide bonds. The molecule has 0 saturated heterocycles. The number of ketones is 1. The molecule has 0 aliphatic heterocycles. The molecule has 0 radical (unpaired) electrons. The summed E-state index contributed by atoms with van der Waals surface area (Å²) in [6, 6.07) is 4.94. The van der Waals surface area contributed by atoms with Crippen molar-refractivity contribution in [1.29, 1.82) is 0 Å². The first-order valence-electron chi connectivity index (χ1n) is 5.85. The van der Waals surface area contributed by atoms with Crippen LogP contribution in [0.5, 0.6) is 0 Å². The number of aromatic amines is 1. The fraction of sp³-hybridized carbons (Fsp3) is 0.250. The van der Waals surface area contributed by atoms with Gasteiger partial charge in [-0.2, -0.15) is 26.3 Å². The highest BCUT2D eigenvalue weighted by Gasteiger charge is 2.41. The van der Waals surface area contributed by atoms with Gasteiger partial charge in [-0.25, -0.2) is 4.98 Å². The minimum Gasteiger partial charge on any atom is -0.333 e. The number of nitrogens with one attached hydrogen (secondary N) is 1. The van der Waals surface area contributed by atoms with E-state index in [9.17, 15) is 31.1 Å². The van der Waals surface area contributed by atoms with Crippen LogP contribution < -0.4 is 0 Å². The lowest BCUT2D eigenvalue weighted by molar-refractivity contribution is -0.168. The Morgan fingerprint density at radius 1 is 1.08 bits per heavy atom. The van der Waals surface area contributed by atoms with Gasteiger partial charge in [-0.05, 0) is 12.1 Å². The Morgan fingerprint density at radius 2 is 1.71 bits per heavy atom. The van der Waals surface area contributed by atoms with Crippen LogP contribution in [0.2, 0.25) is 0 Å². The molecule has 0 unspecified atom stereocenters. The number of nitrogens with zero attached hydrogens (tertiary/aromatic N) is 2. The number of carbonyl (C=O) groups excluding carboxylic acids is 1. The maximum Gasteiger partial charge on any atom is 0.452 e. The molecule has 0 fully saturated rings. The third kappa shape index (κ3) is 6.23. The Hall–Kier alpha value is -1.43. The maximum atomic E-state index is 12.2. The summed E-state index contributed by atoms with van der Waals surface area (Å²) in [5, 5.41) is 0. The summed E-state index contributed by atoms with van der Waals surface area (Å²) in [5.41, 5.74) is -0.490. The number of carbonyl (C=O) groups is 1. The Balaban J connectivity index is 0.000000277. The van der Waals surface area contributed by atoms with Crippen molar-refractivity contribution >= 4 is 37.6 Å². The van der Waals surface area contributed by atoms with E-state index in [0.29, 0.717) is 5.69 Å². The summed E-state index contributed by atoms with van der Waals surface area (Å²) < 4.78 is 69.2. The molecular weight excluding hydrogens is 476 g/mol. The minimum atomic E-state index is -4.75. The number of hydrogen-bond acceptors (Lipinski definition) is 3. The smallest absolute Gasteiger partial charge is 0.333 e. The highest BCUT2D eigenvalue weighted by molar-refractivity contribution is 9.25. The van der Waals surface area contributed by atoms with Crippen molar-refractivity contribution in [2.24, 2.45) is 0 Å². The van der Waals surface area contributed by atoms with Crippen molar-refractivity contribution < 1.29 is 31.1 Å². The normalized spacial score (nSPS) is 11.9. The van der Waals surface area contributed by atoms with Gasteiger partial charge < -0.3 is 4.98 Å². The van der Waals surface area contributed by atoms with Crippen molar-refractivity contribution in [2.75, 3.05) is 0 Å². The van der Waals surface area contributed by atoms with E-state index in [1.807, 2.05) is 0 Å².